The zero-order chi connectivity index (χ0) is 12.1. The summed E-state index contributed by atoms with van der Waals surface area (Å²) in [6.45, 7) is 2.88. The number of rotatable bonds is 5. The van der Waals surface area contributed by atoms with E-state index in [1.807, 2.05) is 22.8 Å². The van der Waals surface area contributed by atoms with Crippen LogP contribution in [0.1, 0.15) is 19.2 Å². The topological polar surface area (TPSA) is 56.7 Å². The lowest BCUT2D eigenvalue weighted by molar-refractivity contribution is 0.533. The van der Waals surface area contributed by atoms with Gasteiger partial charge >= 0.3 is 0 Å². The van der Waals surface area contributed by atoms with Gasteiger partial charge in [-0.2, -0.15) is 0 Å². The van der Waals surface area contributed by atoms with Crippen LogP contribution in [-0.2, 0) is 6.42 Å². The smallest absolute Gasteiger partial charge is 0.137 e. The molecule has 0 aliphatic heterocycles. The molecular weight excluding hydrogens is 212 g/mol. The lowest BCUT2D eigenvalue weighted by Gasteiger charge is -2.09. The minimum Gasteiger partial charge on any atom is -0.330 e. The van der Waals surface area contributed by atoms with Crippen LogP contribution in [0.15, 0.2) is 36.7 Å². The van der Waals surface area contributed by atoms with Crippen molar-refractivity contribution in [2.45, 2.75) is 19.8 Å². The number of aromatic nitrogens is 3. The summed E-state index contributed by atoms with van der Waals surface area (Å²) in [5.41, 5.74) is 6.72. The summed E-state index contributed by atoms with van der Waals surface area (Å²) in [5, 5.41) is 8.15. The van der Waals surface area contributed by atoms with Crippen molar-refractivity contribution >= 4 is 0 Å². The molecular formula is C13H18N4. The van der Waals surface area contributed by atoms with E-state index in [0.717, 1.165) is 30.9 Å². The second-order valence-electron chi connectivity index (χ2n) is 4.33. The van der Waals surface area contributed by atoms with Crippen LogP contribution in [0.2, 0.25) is 0 Å². The standard InChI is InChI=1S/C13H18N4/c1-11(9-14)7-8-13-16-15-10-17(13)12-5-3-2-4-6-12/h2-6,10-11H,7-9,14H2,1H3. The van der Waals surface area contributed by atoms with Gasteiger partial charge in [0.1, 0.15) is 12.2 Å². The molecule has 4 heteroatoms. The van der Waals surface area contributed by atoms with Gasteiger partial charge < -0.3 is 5.73 Å². The highest BCUT2D eigenvalue weighted by Gasteiger charge is 2.07. The van der Waals surface area contributed by atoms with Crippen LogP contribution in [-0.4, -0.2) is 21.3 Å². The summed E-state index contributed by atoms with van der Waals surface area (Å²) in [7, 11) is 0. The molecule has 1 unspecified atom stereocenters. The second-order valence-corrected chi connectivity index (χ2v) is 4.33. The number of hydrogen-bond acceptors (Lipinski definition) is 3. The molecule has 1 aromatic heterocycles. The minimum absolute atomic E-state index is 0.524. The Morgan fingerprint density at radius 1 is 1.29 bits per heavy atom. The lowest BCUT2D eigenvalue weighted by atomic mass is 10.1. The maximum absolute atomic E-state index is 5.62. The maximum atomic E-state index is 5.62. The number of para-hydroxylation sites is 1. The first-order chi connectivity index (χ1) is 8.31. The van der Waals surface area contributed by atoms with Crippen LogP contribution in [0.4, 0.5) is 0 Å². The van der Waals surface area contributed by atoms with E-state index < -0.39 is 0 Å². The number of aryl methyl sites for hydroxylation is 1. The molecule has 0 amide bonds. The van der Waals surface area contributed by atoms with Gasteiger partial charge in [-0.3, -0.25) is 4.57 Å². The highest BCUT2D eigenvalue weighted by molar-refractivity contribution is 5.31. The van der Waals surface area contributed by atoms with Crippen molar-refractivity contribution in [1.29, 1.82) is 0 Å². The molecule has 4 nitrogen and oxygen atoms in total. The average molecular weight is 230 g/mol. The molecule has 0 saturated carbocycles. The van der Waals surface area contributed by atoms with Crippen molar-refractivity contribution in [2.75, 3.05) is 6.54 Å². The molecule has 0 bridgehead atoms. The Bertz CT molecular complexity index is 449. The Labute approximate surface area is 101 Å². The summed E-state index contributed by atoms with van der Waals surface area (Å²) in [6.07, 6.45) is 3.72. The average Bonchev–Trinajstić information content (AvgIpc) is 2.85. The van der Waals surface area contributed by atoms with Gasteiger partial charge in [0.15, 0.2) is 0 Å². The minimum atomic E-state index is 0.524. The molecule has 0 aliphatic rings. The predicted octanol–water partition coefficient (Wildman–Crippen LogP) is 1.79. The third-order valence-electron chi connectivity index (χ3n) is 2.92. The highest BCUT2D eigenvalue weighted by atomic mass is 15.3. The molecule has 1 atom stereocenters. The van der Waals surface area contributed by atoms with Crippen LogP contribution >= 0.6 is 0 Å². The number of hydrogen-bond donors (Lipinski definition) is 1. The number of nitrogens with two attached hydrogens (primary N) is 1. The Hall–Kier alpha value is -1.68. The molecule has 2 N–H and O–H groups in total. The van der Waals surface area contributed by atoms with Gasteiger partial charge in [-0.15, -0.1) is 10.2 Å². The molecule has 90 valence electrons. The maximum Gasteiger partial charge on any atom is 0.137 e. The van der Waals surface area contributed by atoms with Gasteiger partial charge in [0.25, 0.3) is 0 Å². The quantitative estimate of drug-likeness (QED) is 0.852. The zero-order valence-electron chi connectivity index (χ0n) is 10.1. The van der Waals surface area contributed by atoms with Crippen LogP contribution in [0, 0.1) is 5.92 Å². The molecule has 1 aromatic carbocycles. The fourth-order valence-corrected chi connectivity index (χ4v) is 1.73. The molecule has 0 spiro atoms. The Kier molecular flexibility index (Phi) is 3.88. The number of nitrogens with zero attached hydrogens (tertiary/aromatic N) is 3. The van der Waals surface area contributed by atoms with Crippen LogP contribution < -0.4 is 5.73 Å². The van der Waals surface area contributed by atoms with Crippen molar-refractivity contribution in [3.8, 4) is 5.69 Å². The molecule has 0 fully saturated rings. The first kappa shape index (κ1) is 11.8. The van der Waals surface area contributed by atoms with E-state index in [2.05, 4.69) is 29.3 Å². The van der Waals surface area contributed by atoms with Gasteiger partial charge in [-0.1, -0.05) is 25.1 Å². The zero-order valence-corrected chi connectivity index (χ0v) is 10.1. The monoisotopic (exact) mass is 230 g/mol. The Morgan fingerprint density at radius 2 is 2.06 bits per heavy atom. The first-order valence-corrected chi connectivity index (χ1v) is 5.95. The largest absolute Gasteiger partial charge is 0.330 e. The summed E-state index contributed by atoms with van der Waals surface area (Å²) in [5.74, 6) is 1.52. The van der Waals surface area contributed by atoms with E-state index in [-0.39, 0.29) is 0 Å². The summed E-state index contributed by atoms with van der Waals surface area (Å²) in [4.78, 5) is 0. The van der Waals surface area contributed by atoms with Crippen LogP contribution in [0.25, 0.3) is 5.69 Å². The van der Waals surface area contributed by atoms with Crippen molar-refractivity contribution < 1.29 is 0 Å². The second kappa shape index (κ2) is 5.59. The summed E-state index contributed by atoms with van der Waals surface area (Å²) in [6, 6.07) is 10.1. The normalized spacial score (nSPS) is 12.6. The predicted molar refractivity (Wildman–Crippen MR) is 67.9 cm³/mol. The van der Waals surface area contributed by atoms with Crippen LogP contribution in [0.5, 0.6) is 0 Å². The summed E-state index contributed by atoms with van der Waals surface area (Å²) < 4.78 is 2.03. The van der Waals surface area contributed by atoms with Gasteiger partial charge in [-0.25, -0.2) is 0 Å². The summed E-state index contributed by atoms with van der Waals surface area (Å²) >= 11 is 0. The van der Waals surface area contributed by atoms with E-state index in [0.29, 0.717) is 5.92 Å². The Morgan fingerprint density at radius 3 is 2.76 bits per heavy atom. The number of benzene rings is 1. The molecule has 0 saturated heterocycles. The molecule has 17 heavy (non-hydrogen) atoms. The molecule has 1 heterocycles. The van der Waals surface area contributed by atoms with Gasteiger partial charge in [0.05, 0.1) is 0 Å². The van der Waals surface area contributed by atoms with E-state index in [4.69, 9.17) is 5.73 Å². The fourth-order valence-electron chi connectivity index (χ4n) is 1.73. The van der Waals surface area contributed by atoms with Gasteiger partial charge in [0.2, 0.25) is 0 Å². The highest BCUT2D eigenvalue weighted by Crippen LogP contribution is 2.12. The molecule has 0 radical (unpaired) electrons. The van der Waals surface area contributed by atoms with Crippen molar-refractivity contribution in [1.82, 2.24) is 14.8 Å². The van der Waals surface area contributed by atoms with Gasteiger partial charge in [0, 0.05) is 12.1 Å². The van der Waals surface area contributed by atoms with E-state index >= 15 is 0 Å². The fraction of sp³-hybridized carbons (Fsp3) is 0.385. The van der Waals surface area contributed by atoms with Crippen molar-refractivity contribution in [3.63, 3.8) is 0 Å². The van der Waals surface area contributed by atoms with E-state index in [1.54, 1.807) is 6.33 Å². The Balaban J connectivity index is 2.12. The van der Waals surface area contributed by atoms with Crippen molar-refractivity contribution in [3.05, 3.63) is 42.5 Å². The third kappa shape index (κ3) is 2.91. The lowest BCUT2D eigenvalue weighted by Crippen LogP contribution is -2.12. The molecule has 2 rings (SSSR count). The van der Waals surface area contributed by atoms with E-state index in [1.165, 1.54) is 0 Å². The molecule has 0 aliphatic carbocycles. The molecule has 2 aromatic rings. The van der Waals surface area contributed by atoms with E-state index in [9.17, 15) is 0 Å². The van der Waals surface area contributed by atoms with Crippen molar-refractivity contribution in [2.24, 2.45) is 11.7 Å². The third-order valence-corrected chi connectivity index (χ3v) is 2.92. The first-order valence-electron chi connectivity index (χ1n) is 5.95. The SMILES string of the molecule is CC(CN)CCc1nncn1-c1ccccc1. The van der Waals surface area contributed by atoms with Gasteiger partial charge in [-0.05, 0) is 31.0 Å². The van der Waals surface area contributed by atoms with Crippen LogP contribution in [0.3, 0.4) is 0 Å².